The first-order chi connectivity index (χ1) is 16.5. The summed E-state index contributed by atoms with van der Waals surface area (Å²) in [4.78, 5) is 0. The highest BCUT2D eigenvalue weighted by Gasteiger charge is 2.50. The summed E-state index contributed by atoms with van der Waals surface area (Å²) < 4.78 is 46.2. The Morgan fingerprint density at radius 2 is 1.93 bits per heavy atom. The lowest BCUT2D eigenvalue weighted by atomic mass is 9.61. The Balaban J connectivity index is 1.78. The van der Waals surface area contributed by atoms with Gasteiger partial charge in [0.15, 0.2) is 0 Å². The minimum atomic E-state index is -3.02. The fraction of sp³-hybridized carbons (Fsp3) is 0.714. The van der Waals surface area contributed by atoms with Gasteiger partial charge in [-0.2, -0.15) is 0 Å². The predicted octanol–water partition coefficient (Wildman–Crippen LogP) is 6.76. The molecule has 0 saturated heterocycles. The van der Waals surface area contributed by atoms with E-state index in [2.05, 4.69) is 32.6 Å². The molecule has 0 spiro atoms. The van der Waals surface area contributed by atoms with Crippen LogP contribution in [0.25, 0.3) is 0 Å². The lowest BCUT2D eigenvalue weighted by Crippen LogP contribution is -2.35. The summed E-state index contributed by atoms with van der Waals surface area (Å²) in [5, 5.41) is 20.9. The third-order valence-corrected chi connectivity index (χ3v) is 8.22. The van der Waals surface area contributed by atoms with Gasteiger partial charge in [0, 0.05) is 14.1 Å². The first-order valence-electron chi connectivity index (χ1n) is 14.7. The minimum Gasteiger partial charge on any atom is -0.393 e. The van der Waals surface area contributed by atoms with Gasteiger partial charge in [-0.05, 0) is 93.8 Å². The number of allylic oxidation sites excluding steroid dienone is 5. The molecule has 0 aromatic rings. The third kappa shape index (κ3) is 5.02. The maximum Gasteiger partial charge on any atom is 0.0651 e. The predicted molar refractivity (Wildman–Crippen MR) is 127 cm³/mol. The molecule has 2 N–H and O–H groups in total. The molecule has 5 unspecified atom stereocenters. The molecule has 3 saturated carbocycles. The SMILES string of the molecule is [2H]C([2H])([2H])C(O)(C(C)C=CC(C)C1CCC2C(=CC=C3CC(O)CCC3=C)CCC[C@@]21C)C([2H])([2H])[2H]. The summed E-state index contributed by atoms with van der Waals surface area (Å²) in [5.74, 6) is -0.0459. The van der Waals surface area contributed by atoms with E-state index in [1.807, 2.05) is 6.08 Å². The van der Waals surface area contributed by atoms with Crippen molar-refractivity contribution in [2.24, 2.45) is 29.1 Å². The maximum atomic E-state index is 10.8. The van der Waals surface area contributed by atoms with E-state index in [4.69, 9.17) is 8.22 Å². The van der Waals surface area contributed by atoms with Gasteiger partial charge in [-0.15, -0.1) is 0 Å². The van der Waals surface area contributed by atoms with Crippen molar-refractivity contribution in [3.8, 4) is 0 Å². The molecule has 0 aromatic carbocycles. The summed E-state index contributed by atoms with van der Waals surface area (Å²) >= 11 is 0. The van der Waals surface area contributed by atoms with Crippen LogP contribution in [0.5, 0.6) is 0 Å². The van der Waals surface area contributed by atoms with Crippen LogP contribution < -0.4 is 0 Å². The summed E-state index contributed by atoms with van der Waals surface area (Å²) in [5.41, 5.74) is 1.08. The molecule has 3 fully saturated rings. The van der Waals surface area contributed by atoms with E-state index in [0.29, 0.717) is 18.3 Å². The molecule has 2 nitrogen and oxygen atoms in total. The number of rotatable bonds is 5. The summed E-state index contributed by atoms with van der Waals surface area (Å²) in [6, 6.07) is 0. The second kappa shape index (κ2) is 9.17. The average molecular weight is 419 g/mol. The smallest absolute Gasteiger partial charge is 0.0651 e. The Labute approximate surface area is 193 Å². The van der Waals surface area contributed by atoms with Gasteiger partial charge in [0.2, 0.25) is 0 Å². The Kier molecular flexibility index (Phi) is 5.04. The Hall–Kier alpha value is -1.12. The molecule has 3 aliphatic carbocycles. The van der Waals surface area contributed by atoms with Gasteiger partial charge in [0.25, 0.3) is 0 Å². The molecule has 0 amide bonds. The van der Waals surface area contributed by atoms with Crippen LogP contribution in [0.1, 0.15) is 94.1 Å². The van der Waals surface area contributed by atoms with Crippen molar-refractivity contribution in [1.29, 1.82) is 0 Å². The van der Waals surface area contributed by atoms with Crippen molar-refractivity contribution >= 4 is 0 Å². The van der Waals surface area contributed by atoms with Crippen LogP contribution in [-0.2, 0) is 0 Å². The van der Waals surface area contributed by atoms with E-state index in [9.17, 15) is 10.2 Å². The zero-order chi connectivity index (χ0) is 27.1. The number of fused-ring (bicyclic) bond motifs is 1. The quantitative estimate of drug-likeness (QED) is 0.484. The van der Waals surface area contributed by atoms with Crippen molar-refractivity contribution in [2.75, 3.05) is 0 Å². The monoisotopic (exact) mass is 418 g/mol. The molecule has 3 rings (SSSR count). The standard InChI is InChI=1S/C28H44O2/c1-19-10-14-24(29)18-23(19)13-12-22-8-7-17-28(6)25(15-16-26(22)28)20(2)9-11-21(3)27(4,5)30/h9,11-13,20-21,24-26,29-30H,1,7-8,10,14-18H2,2-6H3/t20?,21?,24?,25?,26?,28-/m1/s1/i4D3,5D3. The van der Waals surface area contributed by atoms with E-state index in [-0.39, 0.29) is 17.4 Å². The lowest BCUT2D eigenvalue weighted by Gasteiger charge is -2.44. The fourth-order valence-electron chi connectivity index (χ4n) is 6.15. The van der Waals surface area contributed by atoms with Crippen molar-refractivity contribution in [3.05, 3.63) is 47.6 Å². The van der Waals surface area contributed by atoms with Gasteiger partial charge < -0.3 is 10.2 Å². The molecule has 0 aromatic heterocycles. The zero-order valence-corrected chi connectivity index (χ0v) is 19.0. The van der Waals surface area contributed by atoms with E-state index >= 15 is 0 Å². The van der Waals surface area contributed by atoms with Crippen LogP contribution in [0, 0.1) is 29.1 Å². The largest absolute Gasteiger partial charge is 0.393 e. The van der Waals surface area contributed by atoms with Crippen molar-refractivity contribution in [2.45, 2.75) is 97.5 Å². The number of aliphatic hydroxyl groups is 2. The van der Waals surface area contributed by atoms with Crippen LogP contribution in [0.3, 0.4) is 0 Å². The molecular weight excluding hydrogens is 368 g/mol. The highest BCUT2D eigenvalue weighted by atomic mass is 16.3. The van der Waals surface area contributed by atoms with E-state index < -0.39 is 25.2 Å². The highest BCUT2D eigenvalue weighted by molar-refractivity contribution is 5.36. The summed E-state index contributed by atoms with van der Waals surface area (Å²) in [6.07, 6.45) is 15.5. The average Bonchev–Trinajstić information content (AvgIpc) is 3.13. The van der Waals surface area contributed by atoms with Crippen molar-refractivity contribution in [1.82, 2.24) is 0 Å². The molecule has 0 aliphatic heterocycles. The molecule has 0 radical (unpaired) electrons. The molecule has 0 heterocycles. The van der Waals surface area contributed by atoms with E-state index in [0.717, 1.165) is 56.1 Å². The molecule has 3 aliphatic rings. The number of aliphatic hydroxyl groups excluding tert-OH is 1. The Bertz CT molecular complexity index is 898. The topological polar surface area (TPSA) is 40.5 Å². The van der Waals surface area contributed by atoms with Crippen LogP contribution in [0.2, 0.25) is 0 Å². The van der Waals surface area contributed by atoms with E-state index in [1.54, 1.807) is 6.08 Å². The van der Waals surface area contributed by atoms with Gasteiger partial charge in [-0.25, -0.2) is 0 Å². The van der Waals surface area contributed by atoms with Gasteiger partial charge in [-0.1, -0.05) is 62.8 Å². The second-order valence-electron chi connectivity index (χ2n) is 10.3. The number of hydrogen-bond donors (Lipinski definition) is 2. The Morgan fingerprint density at radius 3 is 2.67 bits per heavy atom. The first-order valence-corrected chi connectivity index (χ1v) is 11.7. The summed E-state index contributed by atoms with van der Waals surface area (Å²) in [7, 11) is 0. The fourth-order valence-corrected chi connectivity index (χ4v) is 6.15. The van der Waals surface area contributed by atoms with Crippen LogP contribution in [0.15, 0.2) is 47.6 Å². The highest BCUT2D eigenvalue weighted by Crippen LogP contribution is 2.59. The molecule has 0 bridgehead atoms. The first kappa shape index (κ1) is 16.5. The molecule has 168 valence electrons. The van der Waals surface area contributed by atoms with Crippen LogP contribution >= 0.6 is 0 Å². The lowest BCUT2D eigenvalue weighted by molar-refractivity contribution is 0.0436. The third-order valence-electron chi connectivity index (χ3n) is 8.22. The number of hydrogen-bond acceptors (Lipinski definition) is 2. The molecule has 6 atom stereocenters. The van der Waals surface area contributed by atoms with Gasteiger partial charge in [-0.3, -0.25) is 0 Å². The second-order valence-corrected chi connectivity index (χ2v) is 10.3. The van der Waals surface area contributed by atoms with Gasteiger partial charge >= 0.3 is 0 Å². The van der Waals surface area contributed by atoms with Gasteiger partial charge in [0.1, 0.15) is 0 Å². The van der Waals surface area contributed by atoms with Crippen LogP contribution in [0.4, 0.5) is 0 Å². The maximum absolute atomic E-state index is 10.8. The molecule has 2 heteroatoms. The van der Waals surface area contributed by atoms with Gasteiger partial charge in [0.05, 0.1) is 11.7 Å². The molecular formula is C28H44O2. The molecule has 30 heavy (non-hydrogen) atoms. The van der Waals surface area contributed by atoms with Crippen molar-refractivity contribution < 1.29 is 18.4 Å². The minimum absolute atomic E-state index is 0.114. The summed E-state index contributed by atoms with van der Waals surface area (Å²) in [6.45, 7) is 4.12. The van der Waals surface area contributed by atoms with Crippen LogP contribution in [-0.4, -0.2) is 21.9 Å². The normalized spacial score (nSPS) is 41.5. The zero-order valence-electron chi connectivity index (χ0n) is 25.0. The van der Waals surface area contributed by atoms with E-state index in [1.165, 1.54) is 12.5 Å². The van der Waals surface area contributed by atoms with Crippen molar-refractivity contribution in [3.63, 3.8) is 0 Å². The Morgan fingerprint density at radius 1 is 1.17 bits per heavy atom.